The molecular formula is C17H15F2NO2. The molecule has 0 heterocycles. The minimum atomic E-state index is -0.918. The van der Waals surface area contributed by atoms with Gasteiger partial charge in [0.15, 0.2) is 11.6 Å². The lowest BCUT2D eigenvalue weighted by Crippen LogP contribution is -2.04. The Morgan fingerprint density at radius 3 is 2.59 bits per heavy atom. The highest BCUT2D eigenvalue weighted by Gasteiger charge is 2.08. The third-order valence-corrected chi connectivity index (χ3v) is 3.00. The van der Waals surface area contributed by atoms with Gasteiger partial charge in [-0.3, -0.25) is 4.99 Å². The molecule has 0 unspecified atom stereocenters. The first-order valence-electron chi connectivity index (χ1n) is 6.78. The monoisotopic (exact) mass is 303 g/mol. The largest absolute Gasteiger partial charge is 0.462 e. The Morgan fingerprint density at radius 1 is 1.18 bits per heavy atom. The topological polar surface area (TPSA) is 38.7 Å². The lowest BCUT2D eigenvalue weighted by molar-refractivity contribution is 0.0526. The molecular weight excluding hydrogens is 288 g/mol. The maximum Gasteiger partial charge on any atom is 0.338 e. The van der Waals surface area contributed by atoms with E-state index in [1.165, 1.54) is 12.3 Å². The second-order valence-corrected chi connectivity index (χ2v) is 4.65. The number of hydrogen-bond acceptors (Lipinski definition) is 3. The van der Waals surface area contributed by atoms with Crippen molar-refractivity contribution >= 4 is 17.9 Å². The Balaban J connectivity index is 2.20. The van der Waals surface area contributed by atoms with E-state index in [-0.39, 0.29) is 5.97 Å². The highest BCUT2D eigenvalue weighted by atomic mass is 19.2. The average molecular weight is 303 g/mol. The van der Waals surface area contributed by atoms with Crippen LogP contribution in [0.25, 0.3) is 0 Å². The Labute approximate surface area is 127 Å². The highest BCUT2D eigenvalue weighted by molar-refractivity contribution is 5.90. The first kappa shape index (κ1) is 15.8. The second-order valence-electron chi connectivity index (χ2n) is 4.65. The third kappa shape index (κ3) is 3.75. The van der Waals surface area contributed by atoms with Gasteiger partial charge in [0.2, 0.25) is 0 Å². The van der Waals surface area contributed by atoms with Crippen molar-refractivity contribution in [2.75, 3.05) is 6.61 Å². The van der Waals surface area contributed by atoms with Crippen LogP contribution < -0.4 is 0 Å². The van der Waals surface area contributed by atoms with Crippen LogP contribution in [0.3, 0.4) is 0 Å². The van der Waals surface area contributed by atoms with Gasteiger partial charge in [-0.1, -0.05) is 6.07 Å². The van der Waals surface area contributed by atoms with Crippen LogP contribution in [0.15, 0.2) is 41.4 Å². The fraction of sp³-hybridized carbons (Fsp3) is 0.176. The highest BCUT2D eigenvalue weighted by Crippen LogP contribution is 2.20. The van der Waals surface area contributed by atoms with E-state index in [2.05, 4.69) is 4.99 Å². The summed E-state index contributed by atoms with van der Waals surface area (Å²) in [5.41, 5.74) is 2.32. The molecule has 0 amide bonds. The van der Waals surface area contributed by atoms with Gasteiger partial charge in [-0.05, 0) is 55.3 Å². The first-order chi connectivity index (χ1) is 10.5. The Kier molecular flexibility index (Phi) is 4.99. The van der Waals surface area contributed by atoms with Crippen molar-refractivity contribution in [2.24, 2.45) is 4.99 Å². The summed E-state index contributed by atoms with van der Waals surface area (Å²) >= 11 is 0. The summed E-state index contributed by atoms with van der Waals surface area (Å²) in [6.07, 6.45) is 1.44. The molecule has 0 bridgehead atoms. The van der Waals surface area contributed by atoms with Crippen molar-refractivity contribution in [1.82, 2.24) is 0 Å². The SMILES string of the molecule is CCOC(=O)c1ccc(/N=C\c2ccc(F)c(F)c2)c(C)c1. The Hall–Kier alpha value is -2.56. The zero-order chi connectivity index (χ0) is 16.1. The summed E-state index contributed by atoms with van der Waals surface area (Å²) in [6.45, 7) is 3.86. The maximum absolute atomic E-state index is 13.1. The number of carbonyl (C=O) groups excluding carboxylic acids is 1. The Bertz CT molecular complexity index is 727. The van der Waals surface area contributed by atoms with E-state index in [1.54, 1.807) is 32.0 Å². The molecule has 0 saturated heterocycles. The number of halogens is 2. The van der Waals surface area contributed by atoms with Gasteiger partial charge in [-0.15, -0.1) is 0 Å². The normalized spacial score (nSPS) is 10.9. The first-order valence-corrected chi connectivity index (χ1v) is 6.78. The van der Waals surface area contributed by atoms with E-state index in [1.807, 2.05) is 0 Å². The van der Waals surface area contributed by atoms with Gasteiger partial charge in [0.1, 0.15) is 0 Å². The molecule has 114 valence electrons. The standard InChI is InChI=1S/C17H15F2NO2/c1-3-22-17(21)13-5-7-16(11(2)8-13)20-10-12-4-6-14(18)15(19)9-12/h4-10H,3H2,1-2H3/b20-10-. The second kappa shape index (κ2) is 6.93. The molecule has 22 heavy (non-hydrogen) atoms. The number of carbonyl (C=O) groups is 1. The predicted molar refractivity (Wildman–Crippen MR) is 80.7 cm³/mol. The number of rotatable bonds is 4. The molecule has 0 aliphatic heterocycles. The lowest BCUT2D eigenvalue weighted by atomic mass is 10.1. The molecule has 0 aromatic heterocycles. The van der Waals surface area contributed by atoms with E-state index in [4.69, 9.17) is 4.74 Å². The van der Waals surface area contributed by atoms with Gasteiger partial charge < -0.3 is 4.74 Å². The fourth-order valence-electron chi connectivity index (χ4n) is 1.88. The molecule has 3 nitrogen and oxygen atoms in total. The van der Waals surface area contributed by atoms with Crippen molar-refractivity contribution in [3.63, 3.8) is 0 Å². The number of aryl methyl sites for hydroxylation is 1. The molecule has 0 radical (unpaired) electrons. The van der Waals surface area contributed by atoms with Gasteiger partial charge in [0, 0.05) is 6.21 Å². The van der Waals surface area contributed by atoms with Crippen LogP contribution in [0.4, 0.5) is 14.5 Å². The summed E-state index contributed by atoms with van der Waals surface area (Å²) in [5, 5.41) is 0. The summed E-state index contributed by atoms with van der Waals surface area (Å²) in [5.74, 6) is -2.20. The van der Waals surface area contributed by atoms with Crippen LogP contribution in [-0.2, 0) is 4.74 Å². The van der Waals surface area contributed by atoms with Crippen molar-refractivity contribution in [3.05, 3.63) is 64.7 Å². The van der Waals surface area contributed by atoms with Crippen molar-refractivity contribution < 1.29 is 18.3 Å². The molecule has 0 atom stereocenters. The summed E-state index contributed by atoms with van der Waals surface area (Å²) < 4.78 is 30.9. The van der Waals surface area contributed by atoms with Gasteiger partial charge in [0.25, 0.3) is 0 Å². The zero-order valence-corrected chi connectivity index (χ0v) is 12.3. The number of esters is 1. The smallest absolute Gasteiger partial charge is 0.338 e. The minimum absolute atomic E-state index is 0.313. The van der Waals surface area contributed by atoms with Crippen LogP contribution >= 0.6 is 0 Å². The molecule has 0 aliphatic rings. The molecule has 5 heteroatoms. The van der Waals surface area contributed by atoms with Crippen LogP contribution in [0, 0.1) is 18.6 Å². The number of hydrogen-bond donors (Lipinski definition) is 0. The van der Waals surface area contributed by atoms with E-state index >= 15 is 0 Å². The van der Waals surface area contributed by atoms with Gasteiger partial charge >= 0.3 is 5.97 Å². The van der Waals surface area contributed by atoms with Crippen LogP contribution in [0.2, 0.25) is 0 Å². The summed E-state index contributed by atoms with van der Waals surface area (Å²) in [7, 11) is 0. The van der Waals surface area contributed by atoms with Crippen molar-refractivity contribution in [3.8, 4) is 0 Å². The van der Waals surface area contributed by atoms with Crippen LogP contribution in [-0.4, -0.2) is 18.8 Å². The average Bonchev–Trinajstić information content (AvgIpc) is 2.49. The Morgan fingerprint density at radius 2 is 1.95 bits per heavy atom. The molecule has 2 rings (SSSR count). The van der Waals surface area contributed by atoms with Gasteiger partial charge in [-0.25, -0.2) is 13.6 Å². The van der Waals surface area contributed by atoms with E-state index in [0.717, 1.165) is 17.7 Å². The van der Waals surface area contributed by atoms with E-state index in [9.17, 15) is 13.6 Å². The third-order valence-electron chi connectivity index (χ3n) is 3.00. The number of aliphatic imine (C=N–C) groups is 1. The molecule has 0 aliphatic carbocycles. The molecule has 0 N–H and O–H groups in total. The lowest BCUT2D eigenvalue weighted by Gasteiger charge is -2.05. The molecule has 2 aromatic rings. The maximum atomic E-state index is 13.1. The van der Waals surface area contributed by atoms with Gasteiger partial charge in [0.05, 0.1) is 17.9 Å². The summed E-state index contributed by atoms with van der Waals surface area (Å²) in [4.78, 5) is 15.8. The van der Waals surface area contributed by atoms with Crippen molar-refractivity contribution in [2.45, 2.75) is 13.8 Å². The van der Waals surface area contributed by atoms with Crippen LogP contribution in [0.1, 0.15) is 28.4 Å². The summed E-state index contributed by atoms with van der Waals surface area (Å²) in [6, 6.07) is 8.52. The van der Waals surface area contributed by atoms with Gasteiger partial charge in [-0.2, -0.15) is 0 Å². The molecule has 2 aromatic carbocycles. The van der Waals surface area contributed by atoms with E-state index in [0.29, 0.717) is 23.4 Å². The molecule has 0 saturated carbocycles. The van der Waals surface area contributed by atoms with Crippen LogP contribution in [0.5, 0.6) is 0 Å². The number of benzene rings is 2. The molecule has 0 spiro atoms. The quantitative estimate of drug-likeness (QED) is 0.627. The van der Waals surface area contributed by atoms with E-state index < -0.39 is 11.6 Å². The number of nitrogens with zero attached hydrogens (tertiary/aromatic N) is 1. The fourth-order valence-corrected chi connectivity index (χ4v) is 1.88. The number of ether oxygens (including phenoxy) is 1. The zero-order valence-electron chi connectivity index (χ0n) is 12.3. The predicted octanol–water partition coefficient (Wildman–Crippen LogP) is 4.20. The van der Waals surface area contributed by atoms with Crippen molar-refractivity contribution in [1.29, 1.82) is 0 Å². The molecule has 0 fully saturated rings. The minimum Gasteiger partial charge on any atom is -0.462 e.